The van der Waals surface area contributed by atoms with Gasteiger partial charge < -0.3 is 10.0 Å². The zero-order valence-electron chi connectivity index (χ0n) is 10.4. The van der Waals surface area contributed by atoms with Crippen LogP contribution in [0.4, 0.5) is 24.5 Å². The van der Waals surface area contributed by atoms with Gasteiger partial charge in [-0.05, 0) is 18.9 Å². The normalized spacial score (nSPS) is 17.2. The Morgan fingerprint density at radius 2 is 1.90 bits per heavy atom. The number of anilines is 1. The Hall–Kier alpha value is -1.99. The van der Waals surface area contributed by atoms with E-state index >= 15 is 0 Å². The molecule has 0 radical (unpaired) electrons. The summed E-state index contributed by atoms with van der Waals surface area (Å²) in [6.45, 7) is 0.419. The SMILES string of the molecule is O=[N+]([O-])c1ccc(N2CCC(C(F)(F)F)CC2)cc1O. The average Bonchev–Trinajstić information content (AvgIpc) is 2.37. The fraction of sp³-hybridized carbons (Fsp3) is 0.500. The van der Waals surface area contributed by atoms with Gasteiger partial charge in [0.05, 0.1) is 10.8 Å². The molecule has 1 aromatic carbocycles. The standard InChI is InChI=1S/C12H13F3N2O3/c13-12(14,15)8-3-5-16(6-4-8)9-1-2-10(17(19)20)11(18)7-9/h1-2,7-8,18H,3-6H2. The van der Waals surface area contributed by atoms with Crippen LogP contribution in [0.2, 0.25) is 0 Å². The summed E-state index contributed by atoms with van der Waals surface area (Å²) in [5.41, 5.74) is 0.0765. The van der Waals surface area contributed by atoms with E-state index in [0.717, 1.165) is 6.07 Å². The predicted octanol–water partition coefficient (Wildman–Crippen LogP) is 3.08. The van der Waals surface area contributed by atoms with Gasteiger partial charge in [0.1, 0.15) is 0 Å². The molecule has 20 heavy (non-hydrogen) atoms. The van der Waals surface area contributed by atoms with Crippen LogP contribution in [0.1, 0.15) is 12.8 Å². The molecule has 0 atom stereocenters. The lowest BCUT2D eigenvalue weighted by Gasteiger charge is -2.34. The minimum absolute atomic E-state index is 0.0126. The van der Waals surface area contributed by atoms with Crippen molar-refractivity contribution in [1.29, 1.82) is 0 Å². The lowest BCUT2D eigenvalue weighted by atomic mass is 9.96. The van der Waals surface area contributed by atoms with Crippen LogP contribution in [0.25, 0.3) is 0 Å². The minimum atomic E-state index is -4.18. The van der Waals surface area contributed by atoms with Crippen molar-refractivity contribution in [3.05, 3.63) is 28.3 Å². The van der Waals surface area contributed by atoms with Crippen LogP contribution in [-0.2, 0) is 0 Å². The van der Waals surface area contributed by atoms with E-state index in [1.165, 1.54) is 12.1 Å². The predicted molar refractivity (Wildman–Crippen MR) is 65.8 cm³/mol. The third-order valence-corrected chi connectivity index (χ3v) is 3.48. The average molecular weight is 290 g/mol. The van der Waals surface area contributed by atoms with Gasteiger partial charge in [-0.15, -0.1) is 0 Å². The van der Waals surface area contributed by atoms with Crippen molar-refractivity contribution in [3.63, 3.8) is 0 Å². The number of phenolic OH excluding ortho intramolecular Hbond substituents is 1. The fourth-order valence-corrected chi connectivity index (χ4v) is 2.33. The van der Waals surface area contributed by atoms with Gasteiger partial charge >= 0.3 is 11.9 Å². The molecule has 1 aliphatic heterocycles. The Morgan fingerprint density at radius 3 is 2.35 bits per heavy atom. The van der Waals surface area contributed by atoms with Gasteiger partial charge in [-0.1, -0.05) is 0 Å². The van der Waals surface area contributed by atoms with Gasteiger partial charge in [0.2, 0.25) is 0 Å². The minimum Gasteiger partial charge on any atom is -0.502 e. The summed E-state index contributed by atoms with van der Waals surface area (Å²) in [4.78, 5) is 11.5. The van der Waals surface area contributed by atoms with Crippen molar-refractivity contribution in [2.24, 2.45) is 5.92 Å². The summed E-state index contributed by atoms with van der Waals surface area (Å²) >= 11 is 0. The topological polar surface area (TPSA) is 66.6 Å². The Labute approximate surface area is 112 Å². The van der Waals surface area contributed by atoms with Crippen LogP contribution in [0, 0.1) is 16.0 Å². The molecule has 0 spiro atoms. The molecule has 8 heteroatoms. The van der Waals surface area contributed by atoms with E-state index in [1.807, 2.05) is 0 Å². The number of hydrogen-bond donors (Lipinski definition) is 1. The van der Waals surface area contributed by atoms with Gasteiger partial charge in [-0.2, -0.15) is 13.2 Å². The first-order valence-electron chi connectivity index (χ1n) is 6.08. The van der Waals surface area contributed by atoms with E-state index in [9.17, 15) is 28.4 Å². The molecule has 110 valence electrons. The number of alkyl halides is 3. The summed E-state index contributed by atoms with van der Waals surface area (Å²) in [7, 11) is 0. The highest BCUT2D eigenvalue weighted by Gasteiger charge is 2.41. The molecular weight excluding hydrogens is 277 g/mol. The Bertz CT molecular complexity index is 511. The summed E-state index contributed by atoms with van der Waals surface area (Å²) in [5, 5.41) is 20.1. The van der Waals surface area contributed by atoms with Crippen LogP contribution >= 0.6 is 0 Å². The van der Waals surface area contributed by atoms with E-state index in [1.54, 1.807) is 4.90 Å². The number of halogens is 3. The second kappa shape index (κ2) is 5.18. The molecule has 1 aliphatic rings. The maximum atomic E-state index is 12.5. The lowest BCUT2D eigenvalue weighted by Crippen LogP contribution is -2.38. The Morgan fingerprint density at radius 1 is 1.30 bits per heavy atom. The maximum absolute atomic E-state index is 12.5. The second-order valence-electron chi connectivity index (χ2n) is 4.73. The first-order chi connectivity index (χ1) is 9.29. The van der Waals surface area contributed by atoms with Crippen molar-refractivity contribution >= 4 is 11.4 Å². The van der Waals surface area contributed by atoms with E-state index in [2.05, 4.69) is 0 Å². The molecule has 0 aliphatic carbocycles. The number of nitrogens with zero attached hydrogens (tertiary/aromatic N) is 2. The molecule has 0 unspecified atom stereocenters. The quantitative estimate of drug-likeness (QED) is 0.671. The molecule has 1 fully saturated rings. The first-order valence-corrected chi connectivity index (χ1v) is 6.08. The zero-order chi connectivity index (χ0) is 14.9. The van der Waals surface area contributed by atoms with Gasteiger partial charge in [-0.3, -0.25) is 10.1 Å². The van der Waals surface area contributed by atoms with Crippen molar-refractivity contribution in [2.45, 2.75) is 19.0 Å². The Kier molecular flexibility index (Phi) is 3.74. The molecule has 5 nitrogen and oxygen atoms in total. The Balaban J connectivity index is 2.08. The third kappa shape index (κ3) is 2.94. The van der Waals surface area contributed by atoms with Crippen molar-refractivity contribution < 1.29 is 23.2 Å². The zero-order valence-corrected chi connectivity index (χ0v) is 10.4. The molecule has 1 N–H and O–H groups in total. The highest BCUT2D eigenvalue weighted by molar-refractivity contribution is 5.58. The van der Waals surface area contributed by atoms with E-state index in [-0.39, 0.29) is 25.9 Å². The van der Waals surface area contributed by atoms with E-state index in [4.69, 9.17) is 0 Å². The van der Waals surface area contributed by atoms with E-state index in [0.29, 0.717) is 5.69 Å². The van der Waals surface area contributed by atoms with Gasteiger partial charge in [0.15, 0.2) is 5.75 Å². The van der Waals surface area contributed by atoms with Gasteiger partial charge in [-0.25, -0.2) is 0 Å². The summed E-state index contributed by atoms with van der Waals surface area (Å²) in [5.74, 6) is -1.78. The molecule has 0 bridgehead atoms. The molecular formula is C12H13F3N2O3. The highest BCUT2D eigenvalue weighted by Crippen LogP contribution is 2.37. The number of phenols is 1. The van der Waals surface area contributed by atoms with Crippen molar-refractivity contribution in [1.82, 2.24) is 0 Å². The molecule has 0 amide bonds. The lowest BCUT2D eigenvalue weighted by molar-refractivity contribution is -0.385. The highest BCUT2D eigenvalue weighted by atomic mass is 19.4. The van der Waals surface area contributed by atoms with E-state index < -0.39 is 28.5 Å². The molecule has 0 aromatic heterocycles. The van der Waals surface area contributed by atoms with Gasteiger partial charge in [0.25, 0.3) is 0 Å². The third-order valence-electron chi connectivity index (χ3n) is 3.48. The molecule has 1 saturated heterocycles. The number of nitro groups is 1. The van der Waals surface area contributed by atoms with Crippen LogP contribution in [-0.4, -0.2) is 29.3 Å². The van der Waals surface area contributed by atoms with Crippen LogP contribution in [0.15, 0.2) is 18.2 Å². The monoisotopic (exact) mass is 290 g/mol. The molecule has 0 saturated carbocycles. The number of nitro benzene ring substituents is 1. The van der Waals surface area contributed by atoms with Gasteiger partial charge in [0, 0.05) is 30.9 Å². The number of piperidine rings is 1. The number of hydrogen-bond acceptors (Lipinski definition) is 4. The first kappa shape index (κ1) is 14.4. The van der Waals surface area contributed by atoms with Crippen LogP contribution in [0.3, 0.4) is 0 Å². The maximum Gasteiger partial charge on any atom is 0.391 e. The van der Waals surface area contributed by atoms with Crippen LogP contribution < -0.4 is 4.90 Å². The number of benzene rings is 1. The van der Waals surface area contributed by atoms with Crippen LogP contribution in [0.5, 0.6) is 5.75 Å². The summed E-state index contributed by atoms with van der Waals surface area (Å²) < 4.78 is 37.6. The second-order valence-corrected chi connectivity index (χ2v) is 4.73. The fourth-order valence-electron chi connectivity index (χ4n) is 2.33. The summed E-state index contributed by atoms with van der Waals surface area (Å²) in [6.07, 6.45) is -4.20. The largest absolute Gasteiger partial charge is 0.502 e. The summed E-state index contributed by atoms with van der Waals surface area (Å²) in [6, 6.07) is 3.80. The number of aromatic hydroxyl groups is 1. The van der Waals surface area contributed by atoms with Crippen molar-refractivity contribution in [3.8, 4) is 5.75 Å². The number of rotatable bonds is 2. The van der Waals surface area contributed by atoms with Crippen molar-refractivity contribution in [2.75, 3.05) is 18.0 Å². The smallest absolute Gasteiger partial charge is 0.391 e. The molecule has 1 heterocycles. The molecule has 2 rings (SSSR count). The molecule has 1 aromatic rings.